The number of carbonyl (C=O) groups excluding carboxylic acids is 3. The zero-order valence-electron chi connectivity index (χ0n) is 23.1. The summed E-state index contributed by atoms with van der Waals surface area (Å²) < 4.78 is 5.94. The summed E-state index contributed by atoms with van der Waals surface area (Å²) in [6.45, 7) is 0. The fourth-order valence-electron chi connectivity index (χ4n) is 4.03. The summed E-state index contributed by atoms with van der Waals surface area (Å²) in [5.41, 5.74) is 2.27. The van der Waals surface area contributed by atoms with Gasteiger partial charge in [0.25, 0.3) is 11.8 Å². The molecule has 0 bridgehead atoms. The van der Waals surface area contributed by atoms with Gasteiger partial charge in [-0.25, -0.2) is 0 Å². The van der Waals surface area contributed by atoms with E-state index in [0.29, 0.717) is 38.5 Å². The highest BCUT2D eigenvalue weighted by Gasteiger charge is 2.17. The second kappa shape index (κ2) is 14.6. The third kappa shape index (κ3) is 8.41. The molecule has 1 heterocycles. The number of halogens is 2. The third-order valence-electron chi connectivity index (χ3n) is 6.19. The van der Waals surface area contributed by atoms with Crippen LogP contribution in [0.15, 0.2) is 130 Å². The molecule has 3 N–H and O–H groups in total. The molecule has 5 rings (SSSR count). The zero-order valence-corrected chi connectivity index (χ0v) is 25.4. The van der Waals surface area contributed by atoms with Crippen LogP contribution in [0.2, 0.25) is 10.0 Å². The summed E-state index contributed by atoms with van der Waals surface area (Å²) >= 11 is 13.4. The number of hydrogen-bond acceptors (Lipinski definition) is 5. The molecule has 10 heteroatoms. The fraction of sp³-hybridized carbons (Fsp3) is 0.0294. The number of carbonyl (C=O) groups is 3. The van der Waals surface area contributed by atoms with Gasteiger partial charge in [-0.05, 0) is 66.7 Å². The summed E-state index contributed by atoms with van der Waals surface area (Å²) in [6.07, 6.45) is 1.48. The van der Waals surface area contributed by atoms with Gasteiger partial charge in [-0.2, -0.15) is 0 Å². The molecule has 0 aliphatic rings. The number of thioether (sulfide) groups is 1. The van der Waals surface area contributed by atoms with Crippen molar-refractivity contribution >= 4 is 70.1 Å². The Hall–Kier alpha value is -4.76. The van der Waals surface area contributed by atoms with E-state index >= 15 is 0 Å². The van der Waals surface area contributed by atoms with Crippen LogP contribution in [0, 0.1) is 0 Å². The van der Waals surface area contributed by atoms with E-state index in [0.717, 1.165) is 10.5 Å². The lowest BCUT2D eigenvalue weighted by Crippen LogP contribution is -2.30. The van der Waals surface area contributed by atoms with Crippen LogP contribution < -0.4 is 16.0 Å². The van der Waals surface area contributed by atoms with Crippen LogP contribution >= 0.6 is 35.0 Å². The summed E-state index contributed by atoms with van der Waals surface area (Å²) in [5, 5.41) is 9.12. The number of anilines is 2. The largest absolute Gasteiger partial charge is 0.457 e. The van der Waals surface area contributed by atoms with Crippen molar-refractivity contribution in [1.29, 1.82) is 0 Å². The molecular formula is C34H25Cl2N3O4S. The molecule has 1 aromatic heterocycles. The van der Waals surface area contributed by atoms with Gasteiger partial charge in [-0.15, -0.1) is 11.8 Å². The van der Waals surface area contributed by atoms with Crippen molar-refractivity contribution in [3.63, 3.8) is 0 Å². The molecule has 0 spiro atoms. The lowest BCUT2D eigenvalue weighted by Gasteiger charge is -2.11. The number of benzene rings is 4. The number of nitrogens with one attached hydrogen (secondary N) is 3. The van der Waals surface area contributed by atoms with Gasteiger partial charge in [0.2, 0.25) is 5.91 Å². The van der Waals surface area contributed by atoms with Crippen LogP contribution in [-0.4, -0.2) is 23.5 Å². The molecule has 5 aromatic rings. The van der Waals surface area contributed by atoms with E-state index in [1.54, 1.807) is 84.9 Å². The molecule has 0 radical (unpaired) electrons. The van der Waals surface area contributed by atoms with Crippen LogP contribution in [-0.2, 0) is 9.59 Å². The maximum atomic E-state index is 13.4. The normalized spacial score (nSPS) is 11.1. The second-order valence-corrected chi connectivity index (χ2v) is 11.3. The van der Waals surface area contributed by atoms with Gasteiger partial charge in [-0.1, -0.05) is 71.7 Å². The second-order valence-electron chi connectivity index (χ2n) is 9.39. The van der Waals surface area contributed by atoms with Crippen molar-refractivity contribution in [1.82, 2.24) is 5.32 Å². The summed E-state index contributed by atoms with van der Waals surface area (Å²) in [6, 6.07) is 33.5. The van der Waals surface area contributed by atoms with Crippen LogP contribution in [0.3, 0.4) is 0 Å². The number of amides is 3. The maximum Gasteiger partial charge on any atom is 0.272 e. The van der Waals surface area contributed by atoms with Crippen molar-refractivity contribution in [2.24, 2.45) is 0 Å². The van der Waals surface area contributed by atoms with Gasteiger partial charge >= 0.3 is 0 Å². The monoisotopic (exact) mass is 641 g/mol. The van der Waals surface area contributed by atoms with E-state index < -0.39 is 11.8 Å². The van der Waals surface area contributed by atoms with E-state index in [1.165, 1.54) is 17.8 Å². The molecule has 0 fully saturated rings. The highest BCUT2D eigenvalue weighted by molar-refractivity contribution is 8.00. The first-order chi connectivity index (χ1) is 21.3. The SMILES string of the molecule is O=C(CSc1ccc(NC(=O)/C(=C\c2ccc(-c3ccccc3)o2)NC(=O)c2ccccc2)cc1)Nc1ccc(Cl)cc1Cl. The molecule has 7 nitrogen and oxygen atoms in total. The Balaban J connectivity index is 1.25. The van der Waals surface area contributed by atoms with Crippen LogP contribution in [0.1, 0.15) is 16.1 Å². The highest BCUT2D eigenvalue weighted by Crippen LogP contribution is 2.27. The topological polar surface area (TPSA) is 100 Å². The van der Waals surface area contributed by atoms with Crippen LogP contribution in [0.4, 0.5) is 11.4 Å². The number of rotatable bonds is 10. The minimum atomic E-state index is -0.536. The summed E-state index contributed by atoms with van der Waals surface area (Å²) in [5.74, 6) is -0.0273. The van der Waals surface area contributed by atoms with E-state index in [-0.39, 0.29) is 17.4 Å². The first-order valence-corrected chi connectivity index (χ1v) is 15.1. The molecule has 0 atom stereocenters. The summed E-state index contributed by atoms with van der Waals surface area (Å²) in [4.78, 5) is 39.5. The predicted octanol–water partition coefficient (Wildman–Crippen LogP) is 8.39. The average Bonchev–Trinajstić information content (AvgIpc) is 3.51. The van der Waals surface area contributed by atoms with Crippen molar-refractivity contribution in [3.8, 4) is 11.3 Å². The first kappa shape index (κ1) is 30.7. The smallest absolute Gasteiger partial charge is 0.272 e. The van der Waals surface area contributed by atoms with Crippen molar-refractivity contribution < 1.29 is 18.8 Å². The Labute approximate surface area is 268 Å². The van der Waals surface area contributed by atoms with Crippen molar-refractivity contribution in [2.45, 2.75) is 4.90 Å². The Kier molecular flexibility index (Phi) is 10.2. The molecule has 0 unspecified atom stereocenters. The molecule has 0 aliphatic heterocycles. The summed E-state index contributed by atoms with van der Waals surface area (Å²) in [7, 11) is 0. The van der Waals surface area contributed by atoms with E-state index in [4.69, 9.17) is 27.6 Å². The van der Waals surface area contributed by atoms with Gasteiger partial charge in [0.1, 0.15) is 17.2 Å². The Bertz CT molecular complexity index is 1810. The molecule has 4 aromatic carbocycles. The van der Waals surface area contributed by atoms with Gasteiger partial charge in [0, 0.05) is 32.8 Å². The molecular weight excluding hydrogens is 617 g/mol. The minimum Gasteiger partial charge on any atom is -0.457 e. The Morgan fingerprint density at radius 1 is 0.773 bits per heavy atom. The van der Waals surface area contributed by atoms with E-state index in [9.17, 15) is 14.4 Å². The standard InChI is InChI=1S/C34H25Cl2N3O4S/c35-24-11-17-29(28(36)19-24)38-32(40)21-44-27-15-12-25(13-16-27)37-34(42)30(39-33(41)23-9-5-2-6-10-23)20-26-14-18-31(43-26)22-7-3-1-4-8-22/h1-20H,21H2,(H,37,42)(H,38,40)(H,39,41)/b30-20+. The molecule has 220 valence electrons. The average molecular weight is 643 g/mol. The van der Waals surface area contributed by atoms with Crippen LogP contribution in [0.5, 0.6) is 0 Å². The quantitative estimate of drug-likeness (QED) is 0.105. The number of furan rings is 1. The minimum absolute atomic E-state index is 0.00352. The number of hydrogen-bond donors (Lipinski definition) is 3. The van der Waals surface area contributed by atoms with Crippen molar-refractivity contribution in [3.05, 3.63) is 142 Å². The predicted molar refractivity (Wildman–Crippen MR) is 177 cm³/mol. The Morgan fingerprint density at radius 3 is 2.18 bits per heavy atom. The first-order valence-electron chi connectivity index (χ1n) is 13.4. The van der Waals surface area contributed by atoms with Gasteiger partial charge < -0.3 is 20.4 Å². The van der Waals surface area contributed by atoms with E-state index in [1.807, 2.05) is 30.3 Å². The lowest BCUT2D eigenvalue weighted by atomic mass is 10.2. The van der Waals surface area contributed by atoms with Gasteiger partial charge in [0.05, 0.1) is 16.5 Å². The van der Waals surface area contributed by atoms with Crippen molar-refractivity contribution in [2.75, 3.05) is 16.4 Å². The van der Waals surface area contributed by atoms with Gasteiger partial charge in [0.15, 0.2) is 0 Å². The molecule has 0 aliphatic carbocycles. The van der Waals surface area contributed by atoms with E-state index in [2.05, 4.69) is 16.0 Å². The lowest BCUT2D eigenvalue weighted by molar-refractivity contribution is -0.114. The molecule has 0 saturated heterocycles. The molecule has 3 amide bonds. The molecule has 0 saturated carbocycles. The zero-order chi connectivity index (χ0) is 30.9. The molecule has 44 heavy (non-hydrogen) atoms. The maximum absolute atomic E-state index is 13.4. The van der Waals surface area contributed by atoms with Crippen LogP contribution in [0.25, 0.3) is 17.4 Å². The van der Waals surface area contributed by atoms with Gasteiger partial charge in [-0.3, -0.25) is 14.4 Å². The highest BCUT2D eigenvalue weighted by atomic mass is 35.5. The third-order valence-corrected chi connectivity index (χ3v) is 7.75. The fourth-order valence-corrected chi connectivity index (χ4v) is 5.19. The Morgan fingerprint density at radius 2 is 1.48 bits per heavy atom.